The summed E-state index contributed by atoms with van der Waals surface area (Å²) in [4.78, 5) is 0. The Morgan fingerprint density at radius 2 is 2.10 bits per heavy atom. The Labute approximate surface area is 59.9 Å². The summed E-state index contributed by atoms with van der Waals surface area (Å²) in [5, 5.41) is 9.29. The lowest BCUT2D eigenvalue weighted by atomic mass is 10.0. The molecule has 0 spiro atoms. The van der Waals surface area contributed by atoms with Crippen molar-refractivity contribution in [2.45, 2.75) is 18.6 Å². The van der Waals surface area contributed by atoms with Crippen LogP contribution in [0, 0.1) is 5.92 Å². The Morgan fingerprint density at radius 1 is 1.30 bits per heavy atom. The van der Waals surface area contributed by atoms with Crippen LogP contribution >= 0.6 is 0 Å². The van der Waals surface area contributed by atoms with Gasteiger partial charge in [-0.15, -0.1) is 0 Å². The van der Waals surface area contributed by atoms with Crippen molar-refractivity contribution in [3.8, 4) is 0 Å². The lowest BCUT2D eigenvalue weighted by molar-refractivity contribution is 0.115. The van der Waals surface area contributed by atoms with Crippen LogP contribution in [0.1, 0.15) is 6.42 Å². The first-order valence-corrected chi connectivity index (χ1v) is 3.73. The Kier molecular flexibility index (Phi) is 1.64. The Morgan fingerprint density at radius 3 is 2.60 bits per heavy atom. The molecule has 3 atom stereocenters. The predicted molar refractivity (Wildman–Crippen MR) is 34.7 cm³/mol. The maximum Gasteiger partial charge on any atom is 0.0824 e. The van der Waals surface area contributed by atoms with Crippen LogP contribution in [-0.2, 0) is 9.47 Å². The molecule has 1 N–H and O–H groups in total. The molecular formula is C7H12O3. The maximum absolute atomic E-state index is 9.29. The van der Waals surface area contributed by atoms with Crippen LogP contribution < -0.4 is 0 Å². The molecule has 2 heterocycles. The van der Waals surface area contributed by atoms with Crippen molar-refractivity contribution in [1.29, 1.82) is 0 Å². The highest BCUT2D eigenvalue weighted by Gasteiger charge is 2.33. The first-order chi connectivity index (χ1) is 4.86. The van der Waals surface area contributed by atoms with Crippen molar-refractivity contribution in [2.24, 2.45) is 5.92 Å². The lowest BCUT2D eigenvalue weighted by Crippen LogP contribution is -2.19. The third-order valence-electron chi connectivity index (χ3n) is 2.13. The number of hydrogen-bond donors (Lipinski definition) is 1. The molecule has 1 unspecified atom stereocenters. The molecule has 2 rings (SSSR count). The van der Waals surface area contributed by atoms with Crippen molar-refractivity contribution in [3.05, 3.63) is 0 Å². The molecule has 3 nitrogen and oxygen atoms in total. The third kappa shape index (κ3) is 1.31. The monoisotopic (exact) mass is 144 g/mol. The standard InChI is InChI=1S/C7H12O3/c8-7-4-9-2-5(7)1-6-3-10-6/h5-8H,1-4H2/t5-,6?,7-/m1/s1. The molecule has 58 valence electrons. The molecule has 0 aromatic rings. The largest absolute Gasteiger partial charge is 0.390 e. The van der Waals surface area contributed by atoms with Gasteiger partial charge >= 0.3 is 0 Å². The average molecular weight is 144 g/mol. The topological polar surface area (TPSA) is 42.0 Å². The van der Waals surface area contributed by atoms with Crippen LogP contribution in [0.2, 0.25) is 0 Å². The van der Waals surface area contributed by atoms with E-state index in [0.29, 0.717) is 25.2 Å². The second-order valence-corrected chi connectivity index (χ2v) is 3.06. The summed E-state index contributed by atoms with van der Waals surface area (Å²) in [6.45, 7) is 2.10. The van der Waals surface area contributed by atoms with Crippen LogP contribution in [0.4, 0.5) is 0 Å². The number of aliphatic hydroxyl groups excluding tert-OH is 1. The molecule has 0 aliphatic carbocycles. The summed E-state index contributed by atoms with van der Waals surface area (Å²) in [6, 6.07) is 0. The summed E-state index contributed by atoms with van der Waals surface area (Å²) in [5.41, 5.74) is 0. The second-order valence-electron chi connectivity index (χ2n) is 3.06. The molecule has 2 aliphatic rings. The van der Waals surface area contributed by atoms with Gasteiger partial charge in [0.05, 0.1) is 32.0 Å². The zero-order chi connectivity index (χ0) is 6.97. The number of ether oxygens (including phenoxy) is 2. The van der Waals surface area contributed by atoms with Gasteiger partial charge in [0.25, 0.3) is 0 Å². The maximum atomic E-state index is 9.29. The van der Waals surface area contributed by atoms with Gasteiger partial charge in [-0.05, 0) is 6.42 Å². The van der Waals surface area contributed by atoms with Gasteiger partial charge in [0.2, 0.25) is 0 Å². The van der Waals surface area contributed by atoms with Gasteiger partial charge < -0.3 is 14.6 Å². The van der Waals surface area contributed by atoms with Gasteiger partial charge in [0.15, 0.2) is 0 Å². The molecule has 0 aromatic heterocycles. The Bertz CT molecular complexity index is 122. The summed E-state index contributed by atoms with van der Waals surface area (Å²) in [6.07, 6.45) is 1.15. The van der Waals surface area contributed by atoms with E-state index in [9.17, 15) is 5.11 Å². The molecule has 2 saturated heterocycles. The zero-order valence-electron chi connectivity index (χ0n) is 5.82. The minimum Gasteiger partial charge on any atom is -0.390 e. The smallest absolute Gasteiger partial charge is 0.0824 e. The van der Waals surface area contributed by atoms with Gasteiger partial charge in [0.1, 0.15) is 0 Å². The number of epoxide rings is 1. The van der Waals surface area contributed by atoms with Crippen LogP contribution in [0.15, 0.2) is 0 Å². The van der Waals surface area contributed by atoms with Gasteiger partial charge in [-0.25, -0.2) is 0 Å². The SMILES string of the molecule is O[C@@H]1COC[C@H]1CC1CO1. The molecule has 0 bridgehead atoms. The third-order valence-corrected chi connectivity index (χ3v) is 2.13. The van der Waals surface area contributed by atoms with E-state index in [1.807, 2.05) is 0 Å². The van der Waals surface area contributed by atoms with Crippen LogP contribution in [0.3, 0.4) is 0 Å². The van der Waals surface area contributed by atoms with E-state index in [-0.39, 0.29) is 6.10 Å². The predicted octanol–water partition coefficient (Wildman–Crippen LogP) is -0.217. The molecule has 2 aliphatic heterocycles. The summed E-state index contributed by atoms with van der Waals surface area (Å²) < 4.78 is 10.1. The van der Waals surface area contributed by atoms with E-state index >= 15 is 0 Å². The fourth-order valence-electron chi connectivity index (χ4n) is 1.35. The zero-order valence-corrected chi connectivity index (χ0v) is 5.82. The summed E-state index contributed by atoms with van der Waals surface area (Å²) in [7, 11) is 0. The quantitative estimate of drug-likeness (QED) is 0.545. The van der Waals surface area contributed by atoms with E-state index in [0.717, 1.165) is 13.0 Å². The normalized spacial score (nSPS) is 45.9. The molecular weight excluding hydrogens is 132 g/mol. The number of aliphatic hydroxyl groups is 1. The molecule has 0 saturated carbocycles. The van der Waals surface area contributed by atoms with E-state index in [1.165, 1.54) is 0 Å². The fourth-order valence-corrected chi connectivity index (χ4v) is 1.35. The highest BCUT2D eigenvalue weighted by molar-refractivity contribution is 4.81. The first-order valence-electron chi connectivity index (χ1n) is 3.73. The fraction of sp³-hybridized carbons (Fsp3) is 1.00. The summed E-state index contributed by atoms with van der Waals surface area (Å²) >= 11 is 0. The minimum atomic E-state index is -0.246. The molecule has 0 amide bonds. The van der Waals surface area contributed by atoms with Gasteiger partial charge in [-0.3, -0.25) is 0 Å². The molecule has 0 aromatic carbocycles. The van der Waals surface area contributed by atoms with Crippen molar-refractivity contribution in [3.63, 3.8) is 0 Å². The average Bonchev–Trinajstić information content (AvgIpc) is 2.62. The molecule has 0 radical (unpaired) electrons. The first kappa shape index (κ1) is 6.58. The summed E-state index contributed by atoms with van der Waals surface area (Å²) in [5.74, 6) is 0.326. The molecule has 3 heteroatoms. The van der Waals surface area contributed by atoms with E-state index in [1.54, 1.807) is 0 Å². The van der Waals surface area contributed by atoms with Crippen LogP contribution in [0.25, 0.3) is 0 Å². The van der Waals surface area contributed by atoms with Crippen molar-refractivity contribution in [2.75, 3.05) is 19.8 Å². The number of rotatable bonds is 2. The van der Waals surface area contributed by atoms with Crippen molar-refractivity contribution < 1.29 is 14.6 Å². The van der Waals surface area contributed by atoms with Crippen LogP contribution in [-0.4, -0.2) is 37.1 Å². The van der Waals surface area contributed by atoms with E-state index in [2.05, 4.69) is 0 Å². The minimum absolute atomic E-state index is 0.246. The van der Waals surface area contributed by atoms with Crippen LogP contribution in [0.5, 0.6) is 0 Å². The van der Waals surface area contributed by atoms with Crippen molar-refractivity contribution >= 4 is 0 Å². The molecule has 10 heavy (non-hydrogen) atoms. The Balaban J connectivity index is 1.79. The Hall–Kier alpha value is -0.120. The number of hydrogen-bond acceptors (Lipinski definition) is 3. The lowest BCUT2D eigenvalue weighted by Gasteiger charge is -2.08. The van der Waals surface area contributed by atoms with E-state index in [4.69, 9.17) is 9.47 Å². The van der Waals surface area contributed by atoms with E-state index < -0.39 is 0 Å². The highest BCUT2D eigenvalue weighted by Crippen LogP contribution is 2.25. The van der Waals surface area contributed by atoms with Gasteiger partial charge in [-0.1, -0.05) is 0 Å². The van der Waals surface area contributed by atoms with Gasteiger partial charge in [-0.2, -0.15) is 0 Å². The second kappa shape index (κ2) is 2.49. The van der Waals surface area contributed by atoms with Crippen molar-refractivity contribution in [1.82, 2.24) is 0 Å². The molecule has 2 fully saturated rings. The van der Waals surface area contributed by atoms with Gasteiger partial charge in [0, 0.05) is 5.92 Å². The highest BCUT2D eigenvalue weighted by atomic mass is 16.6.